The Kier molecular flexibility index (Phi) is 2.47. The number of carboxylic acid groups (broad SMARTS) is 1. The van der Waals surface area contributed by atoms with E-state index in [4.69, 9.17) is 0 Å². The Morgan fingerprint density at radius 1 is 1.44 bits per heavy atom. The summed E-state index contributed by atoms with van der Waals surface area (Å²) < 4.78 is 0. The van der Waals surface area contributed by atoms with E-state index < -0.39 is 5.97 Å². The third-order valence-corrected chi connectivity index (χ3v) is 4.31. The van der Waals surface area contributed by atoms with Gasteiger partial charge in [-0.1, -0.05) is 12.5 Å². The van der Waals surface area contributed by atoms with Crippen molar-refractivity contribution in [3.05, 3.63) is 23.8 Å². The molecular formula is C14H18N2O2. The molecule has 0 radical (unpaired) electrons. The highest BCUT2D eigenvalue weighted by atomic mass is 16.4. The monoisotopic (exact) mass is 246 g/mol. The fourth-order valence-corrected chi connectivity index (χ4v) is 3.15. The van der Waals surface area contributed by atoms with E-state index in [0.717, 1.165) is 24.5 Å². The summed E-state index contributed by atoms with van der Waals surface area (Å²) in [5.74, 6) is -0.864. The number of aromatic carboxylic acids is 1. The molecule has 0 bridgehead atoms. The Labute approximate surface area is 107 Å². The molecule has 1 aliphatic carbocycles. The molecule has 1 fully saturated rings. The summed E-state index contributed by atoms with van der Waals surface area (Å²) in [5, 5.41) is 12.6. The molecule has 0 atom stereocenters. The molecule has 1 aliphatic heterocycles. The normalized spacial score (nSPS) is 20.6. The maximum absolute atomic E-state index is 11.3. The maximum Gasteiger partial charge on any atom is 0.337 e. The molecule has 0 amide bonds. The van der Waals surface area contributed by atoms with Crippen molar-refractivity contribution in [1.29, 1.82) is 0 Å². The summed E-state index contributed by atoms with van der Waals surface area (Å²) in [6.45, 7) is 1.89. The fourth-order valence-electron chi connectivity index (χ4n) is 3.15. The molecule has 96 valence electrons. The van der Waals surface area contributed by atoms with E-state index in [-0.39, 0.29) is 0 Å². The van der Waals surface area contributed by atoms with Gasteiger partial charge in [0.1, 0.15) is 0 Å². The Morgan fingerprint density at radius 2 is 2.22 bits per heavy atom. The van der Waals surface area contributed by atoms with Crippen LogP contribution < -0.4 is 10.2 Å². The fraction of sp³-hybridized carbons (Fsp3) is 0.500. The van der Waals surface area contributed by atoms with E-state index >= 15 is 0 Å². The van der Waals surface area contributed by atoms with Crippen LogP contribution in [0.5, 0.6) is 0 Å². The number of fused-ring (bicyclic) bond motifs is 1. The standard InChI is InChI=1S/C14H18N2O2/c1-16-9-14(6-3-7-14)8-15-12-10(13(17)18)4-2-5-11(12)16/h2,4-5,15H,3,6-9H2,1H3,(H,17,18). The number of nitrogens with zero attached hydrogens (tertiary/aromatic N) is 1. The van der Waals surface area contributed by atoms with Crippen molar-refractivity contribution in [2.24, 2.45) is 5.41 Å². The molecule has 2 N–H and O–H groups in total. The lowest BCUT2D eigenvalue weighted by atomic mass is 9.68. The van der Waals surface area contributed by atoms with Gasteiger partial charge in [-0.15, -0.1) is 0 Å². The van der Waals surface area contributed by atoms with Crippen LogP contribution in [0, 0.1) is 5.41 Å². The molecule has 0 unspecified atom stereocenters. The predicted molar refractivity (Wildman–Crippen MR) is 71.4 cm³/mol. The van der Waals surface area contributed by atoms with E-state index in [1.54, 1.807) is 6.07 Å². The largest absolute Gasteiger partial charge is 0.478 e. The third-order valence-electron chi connectivity index (χ3n) is 4.31. The number of nitrogens with one attached hydrogen (secondary N) is 1. The Balaban J connectivity index is 2.02. The first-order valence-corrected chi connectivity index (χ1v) is 6.43. The zero-order valence-electron chi connectivity index (χ0n) is 10.6. The van der Waals surface area contributed by atoms with Crippen LogP contribution in [0.1, 0.15) is 29.6 Å². The number of carboxylic acids is 1. The highest BCUT2D eigenvalue weighted by Crippen LogP contribution is 2.45. The number of hydrogen-bond acceptors (Lipinski definition) is 3. The lowest BCUT2D eigenvalue weighted by Crippen LogP contribution is -2.43. The summed E-state index contributed by atoms with van der Waals surface area (Å²) in [6.07, 6.45) is 3.76. The van der Waals surface area contributed by atoms with Crippen LogP contribution in [0.4, 0.5) is 11.4 Å². The number of hydrogen-bond donors (Lipinski definition) is 2. The molecule has 1 heterocycles. The second-order valence-electron chi connectivity index (χ2n) is 5.57. The van der Waals surface area contributed by atoms with Gasteiger partial charge < -0.3 is 15.3 Å². The summed E-state index contributed by atoms with van der Waals surface area (Å²) in [5.41, 5.74) is 2.48. The Hall–Kier alpha value is -1.71. The van der Waals surface area contributed by atoms with Crippen molar-refractivity contribution in [3.8, 4) is 0 Å². The molecule has 1 aromatic carbocycles. The van der Waals surface area contributed by atoms with Crippen molar-refractivity contribution in [2.75, 3.05) is 30.4 Å². The van der Waals surface area contributed by atoms with Gasteiger partial charge in [-0.3, -0.25) is 0 Å². The van der Waals surface area contributed by atoms with E-state index in [1.807, 2.05) is 12.1 Å². The molecule has 4 heteroatoms. The molecular weight excluding hydrogens is 228 g/mol. The molecule has 1 saturated carbocycles. The number of carbonyl (C=O) groups is 1. The first-order valence-electron chi connectivity index (χ1n) is 6.43. The molecule has 18 heavy (non-hydrogen) atoms. The summed E-state index contributed by atoms with van der Waals surface area (Å²) in [7, 11) is 2.05. The Bertz CT molecular complexity index is 495. The van der Waals surface area contributed by atoms with E-state index in [9.17, 15) is 9.90 Å². The SMILES string of the molecule is CN1CC2(CCC2)CNc2c(C(=O)O)cccc21. The molecule has 1 aromatic rings. The second kappa shape index (κ2) is 3.90. The van der Waals surface area contributed by atoms with Gasteiger partial charge in [0.05, 0.1) is 16.9 Å². The van der Waals surface area contributed by atoms with Gasteiger partial charge in [0.2, 0.25) is 0 Å². The van der Waals surface area contributed by atoms with Gasteiger partial charge in [0, 0.05) is 25.6 Å². The molecule has 1 spiro atoms. The van der Waals surface area contributed by atoms with Crippen LogP contribution in [0.15, 0.2) is 18.2 Å². The minimum Gasteiger partial charge on any atom is -0.478 e. The highest BCUT2D eigenvalue weighted by molar-refractivity contribution is 5.98. The molecule has 2 aliphatic rings. The van der Waals surface area contributed by atoms with Crippen molar-refractivity contribution in [1.82, 2.24) is 0 Å². The van der Waals surface area contributed by atoms with Gasteiger partial charge in [0.25, 0.3) is 0 Å². The number of benzene rings is 1. The third kappa shape index (κ3) is 1.64. The predicted octanol–water partition coefficient (Wildman–Crippen LogP) is 2.42. The molecule has 0 saturated heterocycles. The average molecular weight is 246 g/mol. The van der Waals surface area contributed by atoms with Crippen LogP contribution in [-0.2, 0) is 0 Å². The van der Waals surface area contributed by atoms with Gasteiger partial charge in [-0.05, 0) is 25.0 Å². The van der Waals surface area contributed by atoms with Gasteiger partial charge in [-0.2, -0.15) is 0 Å². The quantitative estimate of drug-likeness (QED) is 0.799. The topological polar surface area (TPSA) is 52.6 Å². The van der Waals surface area contributed by atoms with Crippen molar-refractivity contribution >= 4 is 17.3 Å². The Morgan fingerprint density at radius 3 is 2.83 bits per heavy atom. The number of para-hydroxylation sites is 1. The van der Waals surface area contributed by atoms with Crippen LogP contribution in [0.2, 0.25) is 0 Å². The second-order valence-corrected chi connectivity index (χ2v) is 5.57. The first kappa shape index (κ1) is 11.4. The van der Waals surface area contributed by atoms with Gasteiger partial charge >= 0.3 is 5.97 Å². The number of rotatable bonds is 1. The van der Waals surface area contributed by atoms with Crippen LogP contribution >= 0.6 is 0 Å². The first-order chi connectivity index (χ1) is 8.61. The minimum absolute atomic E-state index is 0.337. The highest BCUT2D eigenvalue weighted by Gasteiger charge is 2.40. The zero-order chi connectivity index (χ0) is 12.8. The van der Waals surface area contributed by atoms with Crippen LogP contribution in [0.3, 0.4) is 0 Å². The zero-order valence-corrected chi connectivity index (χ0v) is 10.6. The van der Waals surface area contributed by atoms with E-state index in [2.05, 4.69) is 17.3 Å². The number of anilines is 2. The molecule has 4 nitrogen and oxygen atoms in total. The summed E-state index contributed by atoms with van der Waals surface area (Å²) in [6, 6.07) is 5.48. The average Bonchev–Trinajstić information content (AvgIpc) is 2.46. The maximum atomic E-state index is 11.3. The van der Waals surface area contributed by atoms with E-state index in [0.29, 0.717) is 11.0 Å². The molecule has 3 rings (SSSR count). The van der Waals surface area contributed by atoms with Crippen LogP contribution in [-0.4, -0.2) is 31.2 Å². The van der Waals surface area contributed by atoms with Crippen LogP contribution in [0.25, 0.3) is 0 Å². The van der Waals surface area contributed by atoms with Gasteiger partial charge in [-0.25, -0.2) is 4.79 Å². The summed E-state index contributed by atoms with van der Waals surface area (Å²) in [4.78, 5) is 13.5. The van der Waals surface area contributed by atoms with Crippen molar-refractivity contribution in [2.45, 2.75) is 19.3 Å². The lowest BCUT2D eigenvalue weighted by Gasteiger charge is -2.43. The smallest absolute Gasteiger partial charge is 0.337 e. The minimum atomic E-state index is -0.864. The van der Waals surface area contributed by atoms with E-state index in [1.165, 1.54) is 19.3 Å². The summed E-state index contributed by atoms with van der Waals surface area (Å²) >= 11 is 0. The van der Waals surface area contributed by atoms with Crippen molar-refractivity contribution in [3.63, 3.8) is 0 Å². The molecule has 0 aromatic heterocycles. The van der Waals surface area contributed by atoms with Gasteiger partial charge in [0.15, 0.2) is 0 Å². The lowest BCUT2D eigenvalue weighted by molar-refractivity contribution is 0.0698. The van der Waals surface area contributed by atoms with Crippen molar-refractivity contribution < 1.29 is 9.90 Å².